The van der Waals surface area contributed by atoms with Crippen LogP contribution in [0.5, 0.6) is 0 Å². The molecule has 1 heterocycles. The first-order valence-corrected chi connectivity index (χ1v) is 3.79. The number of hydrogen-bond acceptors (Lipinski definition) is 2. The third-order valence-corrected chi connectivity index (χ3v) is 1.47. The third-order valence-electron chi connectivity index (χ3n) is 1.47. The number of rotatable bonds is 2. The summed E-state index contributed by atoms with van der Waals surface area (Å²) in [6.45, 7) is 3.85. The molecule has 1 aromatic rings. The van der Waals surface area contributed by atoms with E-state index in [2.05, 4.69) is 9.97 Å². The van der Waals surface area contributed by atoms with Gasteiger partial charge in [0.1, 0.15) is 5.69 Å². The summed E-state index contributed by atoms with van der Waals surface area (Å²) >= 11 is 0. The van der Waals surface area contributed by atoms with Crippen molar-refractivity contribution >= 4 is 0 Å². The molecule has 0 radical (unpaired) electrons. The van der Waals surface area contributed by atoms with Gasteiger partial charge in [-0.3, -0.25) is 9.78 Å². The van der Waals surface area contributed by atoms with E-state index < -0.39 is 0 Å². The summed E-state index contributed by atoms with van der Waals surface area (Å²) in [4.78, 5) is 17.8. The van der Waals surface area contributed by atoms with Gasteiger partial charge in [0, 0.05) is 11.9 Å². The van der Waals surface area contributed by atoms with Crippen LogP contribution in [0.1, 0.15) is 24.7 Å². The zero-order chi connectivity index (χ0) is 8.27. The molecule has 3 nitrogen and oxygen atoms in total. The van der Waals surface area contributed by atoms with E-state index in [1.54, 1.807) is 6.20 Å². The maximum atomic E-state index is 11.1. The van der Waals surface area contributed by atoms with Gasteiger partial charge in [0.15, 0.2) is 0 Å². The molecule has 0 amide bonds. The highest BCUT2D eigenvalue weighted by atomic mass is 16.1. The van der Waals surface area contributed by atoms with Crippen molar-refractivity contribution in [2.75, 3.05) is 0 Å². The molecular weight excluding hydrogens is 140 g/mol. The van der Waals surface area contributed by atoms with E-state index >= 15 is 0 Å². The average molecular weight is 152 g/mol. The normalized spacial score (nSPS) is 10.0. The molecule has 0 bridgehead atoms. The van der Waals surface area contributed by atoms with Gasteiger partial charge in [-0.15, -0.1) is 0 Å². The Labute approximate surface area is 65.5 Å². The minimum absolute atomic E-state index is 0.0492. The number of nitrogens with zero attached hydrogens (tertiary/aromatic N) is 1. The van der Waals surface area contributed by atoms with Crippen LogP contribution in [0.25, 0.3) is 0 Å². The molecule has 3 heteroatoms. The summed E-state index contributed by atoms with van der Waals surface area (Å²) in [7, 11) is 0. The van der Waals surface area contributed by atoms with Gasteiger partial charge in [0.25, 0.3) is 5.56 Å². The monoisotopic (exact) mass is 152 g/mol. The number of hydrogen-bond donors (Lipinski definition) is 1. The molecule has 0 aliphatic heterocycles. The number of aryl methyl sites for hydroxylation is 2. The number of nitrogens with one attached hydrogen (secondary N) is 1. The summed E-state index contributed by atoms with van der Waals surface area (Å²) in [5.74, 6) is 0. The Morgan fingerprint density at radius 3 is 2.91 bits per heavy atom. The molecule has 1 rings (SSSR count). The van der Waals surface area contributed by atoms with Crippen LogP contribution in [-0.2, 0) is 6.42 Å². The van der Waals surface area contributed by atoms with Crippen LogP contribution in [-0.4, -0.2) is 9.97 Å². The first-order valence-electron chi connectivity index (χ1n) is 3.79. The van der Waals surface area contributed by atoms with Crippen molar-refractivity contribution in [2.45, 2.75) is 26.7 Å². The highest BCUT2D eigenvalue weighted by molar-refractivity contribution is 5.01. The largest absolute Gasteiger partial charge is 0.323 e. The Morgan fingerprint density at radius 1 is 1.64 bits per heavy atom. The fourth-order valence-corrected chi connectivity index (χ4v) is 0.932. The predicted molar refractivity (Wildman–Crippen MR) is 43.6 cm³/mol. The van der Waals surface area contributed by atoms with Crippen molar-refractivity contribution in [3.63, 3.8) is 0 Å². The van der Waals surface area contributed by atoms with Crippen LogP contribution < -0.4 is 5.56 Å². The maximum absolute atomic E-state index is 11.1. The van der Waals surface area contributed by atoms with Crippen molar-refractivity contribution in [1.82, 2.24) is 9.97 Å². The number of aromatic amines is 1. The topological polar surface area (TPSA) is 45.8 Å². The maximum Gasteiger partial charge on any atom is 0.269 e. The van der Waals surface area contributed by atoms with E-state index in [0.29, 0.717) is 5.69 Å². The molecule has 0 saturated carbocycles. The quantitative estimate of drug-likeness (QED) is 0.688. The van der Waals surface area contributed by atoms with Crippen molar-refractivity contribution in [1.29, 1.82) is 0 Å². The highest BCUT2D eigenvalue weighted by Crippen LogP contribution is 1.91. The minimum Gasteiger partial charge on any atom is -0.323 e. The van der Waals surface area contributed by atoms with Gasteiger partial charge in [-0.05, 0) is 13.3 Å². The second kappa shape index (κ2) is 3.32. The second-order valence-corrected chi connectivity index (χ2v) is 2.59. The summed E-state index contributed by atoms with van der Waals surface area (Å²) in [5.41, 5.74) is 1.40. The summed E-state index contributed by atoms with van der Waals surface area (Å²) < 4.78 is 0. The van der Waals surface area contributed by atoms with Gasteiger partial charge in [0.2, 0.25) is 0 Å². The SMILES string of the molecule is CCCc1ncc(C)[nH]c1=O. The number of aromatic nitrogens is 2. The molecule has 0 unspecified atom stereocenters. The third kappa shape index (κ3) is 1.90. The zero-order valence-electron chi connectivity index (χ0n) is 6.85. The Hall–Kier alpha value is -1.12. The molecule has 60 valence electrons. The van der Waals surface area contributed by atoms with Crippen molar-refractivity contribution in [3.05, 3.63) is 27.9 Å². The second-order valence-electron chi connectivity index (χ2n) is 2.59. The first kappa shape index (κ1) is 7.98. The Bertz CT molecular complexity index is 290. The van der Waals surface area contributed by atoms with Crippen LogP contribution >= 0.6 is 0 Å². The van der Waals surface area contributed by atoms with E-state index in [0.717, 1.165) is 18.5 Å². The van der Waals surface area contributed by atoms with E-state index in [4.69, 9.17) is 0 Å². The molecule has 0 fully saturated rings. The lowest BCUT2D eigenvalue weighted by Crippen LogP contribution is -2.15. The molecule has 1 aromatic heterocycles. The average Bonchev–Trinajstić information content (AvgIpc) is 1.95. The van der Waals surface area contributed by atoms with Gasteiger partial charge in [-0.2, -0.15) is 0 Å². The Morgan fingerprint density at radius 2 is 2.36 bits per heavy atom. The van der Waals surface area contributed by atoms with Crippen molar-refractivity contribution < 1.29 is 0 Å². The molecule has 0 aliphatic carbocycles. The van der Waals surface area contributed by atoms with Gasteiger partial charge < -0.3 is 4.98 Å². The molecule has 0 saturated heterocycles. The van der Waals surface area contributed by atoms with Crippen molar-refractivity contribution in [2.24, 2.45) is 0 Å². The van der Waals surface area contributed by atoms with Crippen molar-refractivity contribution in [3.8, 4) is 0 Å². The van der Waals surface area contributed by atoms with E-state index in [1.165, 1.54) is 0 Å². The Kier molecular flexibility index (Phi) is 2.41. The van der Waals surface area contributed by atoms with Gasteiger partial charge >= 0.3 is 0 Å². The van der Waals surface area contributed by atoms with Gasteiger partial charge in [-0.25, -0.2) is 0 Å². The van der Waals surface area contributed by atoms with Gasteiger partial charge in [0.05, 0.1) is 0 Å². The zero-order valence-corrected chi connectivity index (χ0v) is 6.85. The van der Waals surface area contributed by atoms with E-state index in [-0.39, 0.29) is 5.56 Å². The molecule has 0 aliphatic rings. The molecule has 0 aromatic carbocycles. The molecule has 11 heavy (non-hydrogen) atoms. The lowest BCUT2D eigenvalue weighted by Gasteiger charge is -1.96. The minimum atomic E-state index is -0.0492. The molecular formula is C8H12N2O. The van der Waals surface area contributed by atoms with Crippen LogP contribution in [0, 0.1) is 6.92 Å². The summed E-state index contributed by atoms with van der Waals surface area (Å²) in [5, 5.41) is 0. The highest BCUT2D eigenvalue weighted by Gasteiger charge is 1.97. The molecule has 0 spiro atoms. The smallest absolute Gasteiger partial charge is 0.269 e. The Balaban J connectivity index is 3.00. The molecule has 1 N–H and O–H groups in total. The van der Waals surface area contributed by atoms with E-state index in [9.17, 15) is 4.79 Å². The van der Waals surface area contributed by atoms with Crippen LogP contribution in [0.2, 0.25) is 0 Å². The van der Waals surface area contributed by atoms with Gasteiger partial charge in [-0.1, -0.05) is 13.3 Å². The summed E-state index contributed by atoms with van der Waals surface area (Å²) in [6, 6.07) is 0. The van der Waals surface area contributed by atoms with Crippen LogP contribution in [0.15, 0.2) is 11.0 Å². The first-order chi connectivity index (χ1) is 5.24. The van der Waals surface area contributed by atoms with Crippen LogP contribution in [0.4, 0.5) is 0 Å². The molecule has 0 atom stereocenters. The summed E-state index contributed by atoms with van der Waals surface area (Å²) in [6.07, 6.45) is 3.40. The number of H-pyrrole nitrogens is 1. The standard InChI is InChI=1S/C8H12N2O/c1-3-4-7-8(11)10-6(2)5-9-7/h5H,3-4H2,1-2H3,(H,10,11). The fourth-order valence-electron chi connectivity index (χ4n) is 0.932. The van der Waals surface area contributed by atoms with Crippen LogP contribution in [0.3, 0.4) is 0 Å². The fraction of sp³-hybridized carbons (Fsp3) is 0.500. The lowest BCUT2D eigenvalue weighted by atomic mass is 10.2. The lowest BCUT2D eigenvalue weighted by molar-refractivity contribution is 0.846. The van der Waals surface area contributed by atoms with E-state index in [1.807, 2.05) is 13.8 Å². The predicted octanol–water partition coefficient (Wildman–Crippen LogP) is 1.03.